The minimum absolute atomic E-state index is 0.0230. The van der Waals surface area contributed by atoms with E-state index in [1.54, 1.807) is 33.8 Å². The van der Waals surface area contributed by atoms with Crippen LogP contribution >= 0.6 is 0 Å². The van der Waals surface area contributed by atoms with Gasteiger partial charge in [0.2, 0.25) is 0 Å². The third kappa shape index (κ3) is 11.9. The molecule has 0 saturated carbocycles. The first-order valence-corrected chi connectivity index (χ1v) is 13.3. The average Bonchev–Trinajstić information content (AvgIpc) is 2.84. The molecule has 0 aliphatic carbocycles. The van der Waals surface area contributed by atoms with Crippen molar-refractivity contribution in [3.63, 3.8) is 0 Å². The Labute approximate surface area is 230 Å². The monoisotopic (exact) mass is 553 g/mol. The first-order chi connectivity index (χ1) is 18.3. The van der Waals surface area contributed by atoms with Gasteiger partial charge in [-0.05, 0) is 44.4 Å². The maximum atomic E-state index is 12.6. The fourth-order valence-electron chi connectivity index (χ4n) is 3.64. The Hall–Kier alpha value is -3.34. The van der Waals surface area contributed by atoms with Gasteiger partial charge in [-0.3, -0.25) is 9.59 Å². The lowest BCUT2D eigenvalue weighted by atomic mass is 9.88. The summed E-state index contributed by atoms with van der Waals surface area (Å²) in [5.74, 6) is -1.68. The summed E-state index contributed by atoms with van der Waals surface area (Å²) in [5.41, 5.74) is 5.30. The van der Waals surface area contributed by atoms with Crippen LogP contribution in [0.15, 0.2) is 18.2 Å². The van der Waals surface area contributed by atoms with Crippen LogP contribution in [-0.4, -0.2) is 55.7 Å². The Kier molecular flexibility index (Phi) is 14.3. The molecule has 0 bridgehead atoms. The van der Waals surface area contributed by atoms with Gasteiger partial charge in [0.25, 0.3) is 0 Å². The highest BCUT2D eigenvalue weighted by Crippen LogP contribution is 2.31. The number of ether oxygens (including phenoxy) is 6. The number of benzene rings is 1. The second-order valence-electron chi connectivity index (χ2n) is 9.82. The van der Waals surface area contributed by atoms with Gasteiger partial charge in [-0.15, -0.1) is 0 Å². The number of carbonyl (C=O) groups is 4. The van der Waals surface area contributed by atoms with Crippen molar-refractivity contribution in [1.82, 2.24) is 0 Å². The molecule has 0 radical (unpaired) electrons. The second-order valence-corrected chi connectivity index (χ2v) is 9.82. The molecule has 0 heterocycles. The molecule has 0 aliphatic heterocycles. The number of esters is 2. The Bertz CT molecular complexity index is 964. The van der Waals surface area contributed by atoms with Crippen molar-refractivity contribution in [2.45, 2.75) is 97.8 Å². The van der Waals surface area contributed by atoms with Crippen LogP contribution in [0.5, 0.6) is 11.5 Å². The molecular formula is C28H43NO10. The van der Waals surface area contributed by atoms with Crippen molar-refractivity contribution < 1.29 is 47.6 Å². The Morgan fingerprint density at radius 3 is 1.90 bits per heavy atom. The molecule has 0 aromatic heterocycles. The van der Waals surface area contributed by atoms with Crippen LogP contribution in [0.2, 0.25) is 0 Å². The van der Waals surface area contributed by atoms with E-state index >= 15 is 0 Å². The average molecular weight is 554 g/mol. The van der Waals surface area contributed by atoms with Crippen molar-refractivity contribution in [2.75, 3.05) is 13.7 Å². The van der Waals surface area contributed by atoms with Gasteiger partial charge < -0.3 is 34.2 Å². The predicted octanol–water partition coefficient (Wildman–Crippen LogP) is 5.10. The summed E-state index contributed by atoms with van der Waals surface area (Å²) in [7, 11) is 1.20. The topological polar surface area (TPSA) is 150 Å². The lowest BCUT2D eigenvalue weighted by Gasteiger charge is -2.27. The number of rotatable bonds is 15. The zero-order valence-electron chi connectivity index (χ0n) is 24.1. The van der Waals surface area contributed by atoms with Crippen LogP contribution in [0.3, 0.4) is 0 Å². The Morgan fingerprint density at radius 2 is 1.41 bits per heavy atom. The quantitative estimate of drug-likeness (QED) is 0.176. The molecule has 1 rings (SSSR count). The summed E-state index contributed by atoms with van der Waals surface area (Å²) in [4.78, 5) is 49.2. The lowest BCUT2D eigenvalue weighted by molar-refractivity contribution is -0.152. The number of methoxy groups -OCH3 is 1. The Morgan fingerprint density at radius 1 is 0.872 bits per heavy atom. The summed E-state index contributed by atoms with van der Waals surface area (Å²) >= 11 is 0. The fourth-order valence-corrected chi connectivity index (χ4v) is 3.64. The first kappa shape index (κ1) is 33.7. The lowest BCUT2D eigenvalue weighted by Crippen LogP contribution is -2.51. The van der Waals surface area contributed by atoms with Crippen molar-refractivity contribution in [3.8, 4) is 11.5 Å². The highest BCUT2D eigenvalue weighted by atomic mass is 16.7. The van der Waals surface area contributed by atoms with E-state index < -0.39 is 29.8 Å². The zero-order valence-corrected chi connectivity index (χ0v) is 24.1. The zero-order chi connectivity index (χ0) is 29.6. The van der Waals surface area contributed by atoms with Crippen LogP contribution in [0.4, 0.5) is 9.59 Å². The van der Waals surface area contributed by atoms with Crippen LogP contribution < -0.4 is 15.2 Å². The van der Waals surface area contributed by atoms with E-state index in [0.29, 0.717) is 18.4 Å². The molecule has 3 atom stereocenters. The van der Waals surface area contributed by atoms with Crippen LogP contribution in [0, 0.1) is 5.92 Å². The van der Waals surface area contributed by atoms with Crippen LogP contribution in [-0.2, 0) is 35.0 Å². The van der Waals surface area contributed by atoms with Gasteiger partial charge in [-0.2, -0.15) is 0 Å². The summed E-state index contributed by atoms with van der Waals surface area (Å²) in [6, 6.07) is 4.37. The molecule has 0 fully saturated rings. The molecular weight excluding hydrogens is 510 g/mol. The molecule has 0 aliphatic rings. The fraction of sp³-hybridized carbons (Fsp3) is 0.643. The van der Waals surface area contributed by atoms with E-state index in [-0.39, 0.29) is 49.1 Å². The minimum Gasteiger partial charge on any atom is -0.468 e. The maximum absolute atomic E-state index is 12.6. The van der Waals surface area contributed by atoms with Gasteiger partial charge in [-0.1, -0.05) is 46.6 Å². The van der Waals surface area contributed by atoms with Gasteiger partial charge >= 0.3 is 24.2 Å². The predicted molar refractivity (Wildman–Crippen MR) is 142 cm³/mol. The molecule has 0 spiro atoms. The number of hydrogen-bond donors (Lipinski definition) is 1. The molecule has 39 heavy (non-hydrogen) atoms. The van der Waals surface area contributed by atoms with Gasteiger partial charge in [0.1, 0.15) is 17.7 Å². The molecule has 220 valence electrons. The van der Waals surface area contributed by atoms with E-state index in [9.17, 15) is 19.2 Å². The molecule has 11 heteroatoms. The molecule has 0 amide bonds. The standard InChI is InChI=1S/C28H43NO10/c1-8-10-19(5)36-26(32)38-22-13-12-21(16-23(22)39-27(33)37-20(6)11-9-2)17-28(29,25(31)34-7)14-15-35-24(30)18(3)4/h12-13,16,18-20H,8-11,14-15,17,29H2,1-7H3/t19-,20?,28+/m0/s1. The molecule has 1 aromatic rings. The van der Waals surface area contributed by atoms with E-state index in [1.165, 1.54) is 19.2 Å². The smallest absolute Gasteiger partial charge is 0.468 e. The summed E-state index contributed by atoms with van der Waals surface area (Å²) in [6.07, 6.45) is 0.117. The maximum Gasteiger partial charge on any atom is 0.514 e. The van der Waals surface area contributed by atoms with Crippen LogP contribution in [0.25, 0.3) is 0 Å². The van der Waals surface area contributed by atoms with Gasteiger partial charge in [0.05, 0.1) is 19.6 Å². The summed E-state index contributed by atoms with van der Waals surface area (Å²) < 4.78 is 31.3. The molecule has 1 aromatic carbocycles. The highest BCUT2D eigenvalue weighted by molar-refractivity contribution is 5.81. The van der Waals surface area contributed by atoms with Crippen molar-refractivity contribution in [3.05, 3.63) is 23.8 Å². The van der Waals surface area contributed by atoms with Crippen molar-refractivity contribution in [1.29, 1.82) is 0 Å². The third-order valence-electron chi connectivity index (χ3n) is 5.76. The summed E-state index contributed by atoms with van der Waals surface area (Å²) in [5, 5.41) is 0. The number of carbonyl (C=O) groups excluding carboxylic acids is 4. The van der Waals surface area contributed by atoms with E-state index in [2.05, 4.69) is 0 Å². The third-order valence-corrected chi connectivity index (χ3v) is 5.76. The van der Waals surface area contributed by atoms with Crippen molar-refractivity contribution in [2.24, 2.45) is 11.7 Å². The van der Waals surface area contributed by atoms with E-state index in [0.717, 1.165) is 12.8 Å². The van der Waals surface area contributed by atoms with E-state index in [4.69, 9.17) is 34.2 Å². The largest absolute Gasteiger partial charge is 0.514 e. The highest BCUT2D eigenvalue weighted by Gasteiger charge is 2.36. The SMILES string of the molecule is CCCC(C)OC(=O)Oc1cc(C[C@](N)(CCOC(=O)C(C)C)C(=O)OC)ccc1OC(=O)O[C@@H](C)CCC. The van der Waals surface area contributed by atoms with Crippen molar-refractivity contribution >= 4 is 24.2 Å². The second kappa shape index (κ2) is 16.6. The molecule has 0 saturated heterocycles. The van der Waals surface area contributed by atoms with Gasteiger partial charge in [-0.25, -0.2) is 9.59 Å². The normalized spacial score (nSPS) is 14.0. The number of nitrogens with two attached hydrogens (primary N) is 1. The summed E-state index contributed by atoms with van der Waals surface area (Å²) in [6.45, 7) is 10.7. The van der Waals surface area contributed by atoms with E-state index in [1.807, 2.05) is 13.8 Å². The molecule has 11 nitrogen and oxygen atoms in total. The minimum atomic E-state index is -1.56. The van der Waals surface area contributed by atoms with Gasteiger partial charge in [0, 0.05) is 12.8 Å². The first-order valence-electron chi connectivity index (χ1n) is 13.3. The van der Waals surface area contributed by atoms with Gasteiger partial charge in [0.15, 0.2) is 11.5 Å². The Balaban J connectivity index is 3.21. The molecule has 2 N–H and O–H groups in total. The number of hydrogen-bond acceptors (Lipinski definition) is 11. The molecule has 1 unspecified atom stereocenters. The van der Waals surface area contributed by atoms with Crippen LogP contribution in [0.1, 0.15) is 79.2 Å².